The molecule has 0 N–H and O–H groups in total. The fourth-order valence-corrected chi connectivity index (χ4v) is 2.57. The zero-order valence-electron chi connectivity index (χ0n) is 11.5. The van der Waals surface area contributed by atoms with E-state index >= 15 is 0 Å². The number of fused-ring (bicyclic) bond motifs is 2. The minimum absolute atomic E-state index is 0.0764. The molecular formula is C14H19NO4. The zero-order chi connectivity index (χ0) is 14.2. The van der Waals surface area contributed by atoms with E-state index in [-0.39, 0.29) is 30.2 Å². The average molecular weight is 265 g/mol. The summed E-state index contributed by atoms with van der Waals surface area (Å²) in [5.41, 5.74) is -0.553. The second-order valence-electron chi connectivity index (χ2n) is 6.00. The van der Waals surface area contributed by atoms with Gasteiger partial charge in [-0.3, -0.25) is 9.59 Å². The first-order valence-electron chi connectivity index (χ1n) is 6.69. The quantitative estimate of drug-likeness (QED) is 0.727. The molecule has 1 aliphatic heterocycles. The molecule has 4 unspecified atom stereocenters. The third-order valence-electron chi connectivity index (χ3n) is 4.28. The topological polar surface area (TPSA) is 76.4 Å². The second-order valence-corrected chi connectivity index (χ2v) is 6.00. The fraction of sp³-hybridized carbons (Fsp3) is 0.786. The van der Waals surface area contributed by atoms with Crippen LogP contribution in [0.5, 0.6) is 0 Å². The Kier molecular flexibility index (Phi) is 3.53. The van der Waals surface area contributed by atoms with Crippen molar-refractivity contribution in [3.8, 4) is 6.07 Å². The van der Waals surface area contributed by atoms with Gasteiger partial charge in [0.05, 0.1) is 23.8 Å². The summed E-state index contributed by atoms with van der Waals surface area (Å²) in [6.07, 6.45) is 0.430. The maximum Gasteiger partial charge on any atom is 0.311 e. The van der Waals surface area contributed by atoms with Crippen molar-refractivity contribution in [2.45, 2.75) is 52.2 Å². The highest BCUT2D eigenvalue weighted by Crippen LogP contribution is 2.42. The molecule has 4 atom stereocenters. The summed E-state index contributed by atoms with van der Waals surface area (Å²) < 4.78 is 10.7. The Labute approximate surface area is 112 Å². The molecule has 0 aromatic carbocycles. The smallest absolute Gasteiger partial charge is 0.311 e. The van der Waals surface area contributed by atoms with Crippen molar-refractivity contribution < 1.29 is 19.1 Å². The van der Waals surface area contributed by atoms with E-state index in [0.29, 0.717) is 12.8 Å². The predicted octanol–water partition coefficient (Wildman–Crippen LogP) is 1.81. The van der Waals surface area contributed by atoms with Gasteiger partial charge in [-0.05, 0) is 26.7 Å². The maximum atomic E-state index is 12.1. The van der Waals surface area contributed by atoms with Crippen LogP contribution in [0, 0.1) is 28.6 Å². The SMILES string of the molecule is CCC(C)(C)C(=O)OC1C2CC(=O)OC1C(C#N)C2. The first-order chi connectivity index (χ1) is 8.89. The highest BCUT2D eigenvalue weighted by atomic mass is 16.6. The molecule has 1 aliphatic carbocycles. The van der Waals surface area contributed by atoms with Gasteiger partial charge in [-0.15, -0.1) is 0 Å². The van der Waals surface area contributed by atoms with Gasteiger partial charge in [-0.1, -0.05) is 6.92 Å². The number of carbonyl (C=O) groups is 2. The van der Waals surface area contributed by atoms with Crippen molar-refractivity contribution in [1.82, 2.24) is 0 Å². The van der Waals surface area contributed by atoms with E-state index < -0.39 is 17.6 Å². The van der Waals surface area contributed by atoms with Crippen LogP contribution in [0.2, 0.25) is 0 Å². The maximum absolute atomic E-state index is 12.1. The van der Waals surface area contributed by atoms with Gasteiger partial charge in [-0.25, -0.2) is 0 Å². The third kappa shape index (κ3) is 2.44. The van der Waals surface area contributed by atoms with Crippen LogP contribution < -0.4 is 0 Å². The van der Waals surface area contributed by atoms with Crippen molar-refractivity contribution in [2.24, 2.45) is 17.3 Å². The van der Waals surface area contributed by atoms with Crippen LogP contribution >= 0.6 is 0 Å². The van der Waals surface area contributed by atoms with Crippen LogP contribution in [0.15, 0.2) is 0 Å². The van der Waals surface area contributed by atoms with Crippen LogP contribution in [0.3, 0.4) is 0 Å². The number of nitrogens with zero attached hydrogens (tertiary/aromatic N) is 1. The minimum Gasteiger partial charge on any atom is -0.458 e. The van der Waals surface area contributed by atoms with E-state index in [1.165, 1.54) is 0 Å². The first-order valence-corrected chi connectivity index (χ1v) is 6.69. The lowest BCUT2D eigenvalue weighted by atomic mass is 9.90. The number of ether oxygens (including phenoxy) is 2. The van der Waals surface area contributed by atoms with Crippen LogP contribution in [-0.2, 0) is 19.1 Å². The van der Waals surface area contributed by atoms with Gasteiger partial charge in [0.25, 0.3) is 0 Å². The van der Waals surface area contributed by atoms with E-state index in [1.807, 2.05) is 20.8 Å². The predicted molar refractivity (Wildman–Crippen MR) is 65.7 cm³/mol. The van der Waals surface area contributed by atoms with Gasteiger partial charge in [0.1, 0.15) is 6.10 Å². The van der Waals surface area contributed by atoms with Gasteiger partial charge in [0, 0.05) is 5.92 Å². The standard InChI is InChI=1S/C14H19NO4/c1-4-14(2,3)13(17)19-11-8-5-9(7-15)12(11)18-10(16)6-8/h8-9,11-12H,4-6H2,1-3H3. The number of carbonyl (C=O) groups excluding carboxylic acids is 2. The van der Waals surface area contributed by atoms with E-state index in [1.54, 1.807) is 0 Å². The summed E-state index contributed by atoms with van der Waals surface area (Å²) in [5.74, 6) is -1.02. The van der Waals surface area contributed by atoms with E-state index in [9.17, 15) is 9.59 Å². The Bertz CT molecular complexity index is 437. The lowest BCUT2D eigenvalue weighted by Crippen LogP contribution is -2.43. The lowest BCUT2D eigenvalue weighted by Gasteiger charge is -2.32. The van der Waals surface area contributed by atoms with Crippen LogP contribution in [0.1, 0.15) is 40.0 Å². The second kappa shape index (κ2) is 4.84. The van der Waals surface area contributed by atoms with Gasteiger partial charge in [-0.2, -0.15) is 5.26 Å². The molecule has 5 heteroatoms. The monoisotopic (exact) mass is 265 g/mol. The van der Waals surface area contributed by atoms with Crippen molar-refractivity contribution in [2.75, 3.05) is 0 Å². The van der Waals surface area contributed by atoms with Crippen LogP contribution in [0.25, 0.3) is 0 Å². The van der Waals surface area contributed by atoms with E-state index in [2.05, 4.69) is 6.07 Å². The summed E-state index contributed by atoms with van der Waals surface area (Å²) in [6, 6.07) is 2.14. The van der Waals surface area contributed by atoms with Gasteiger partial charge < -0.3 is 9.47 Å². The number of esters is 2. The summed E-state index contributed by atoms with van der Waals surface area (Å²) >= 11 is 0. The van der Waals surface area contributed by atoms with Gasteiger partial charge in [0.15, 0.2) is 6.10 Å². The van der Waals surface area contributed by atoms with Crippen molar-refractivity contribution in [3.63, 3.8) is 0 Å². The summed E-state index contributed by atoms with van der Waals surface area (Å²) in [4.78, 5) is 23.5. The molecular weight excluding hydrogens is 246 g/mol. The highest BCUT2D eigenvalue weighted by Gasteiger charge is 2.53. The molecule has 0 radical (unpaired) electrons. The summed E-state index contributed by atoms with van der Waals surface area (Å²) in [5, 5.41) is 9.08. The minimum atomic E-state index is -0.590. The van der Waals surface area contributed by atoms with E-state index in [0.717, 1.165) is 0 Å². The van der Waals surface area contributed by atoms with Gasteiger partial charge >= 0.3 is 11.9 Å². The number of hydrogen-bond donors (Lipinski definition) is 0. The molecule has 0 aromatic rings. The molecule has 1 heterocycles. The third-order valence-corrected chi connectivity index (χ3v) is 4.28. The Morgan fingerprint density at radius 3 is 2.84 bits per heavy atom. The largest absolute Gasteiger partial charge is 0.458 e. The normalized spacial score (nSPS) is 33.5. The molecule has 104 valence electrons. The average Bonchev–Trinajstić information content (AvgIpc) is 2.57. The molecule has 5 nitrogen and oxygen atoms in total. The van der Waals surface area contributed by atoms with Crippen molar-refractivity contribution >= 4 is 11.9 Å². The zero-order valence-corrected chi connectivity index (χ0v) is 11.5. The van der Waals surface area contributed by atoms with Crippen LogP contribution in [0.4, 0.5) is 0 Å². The van der Waals surface area contributed by atoms with Crippen LogP contribution in [-0.4, -0.2) is 24.1 Å². The Hall–Kier alpha value is -1.57. The van der Waals surface area contributed by atoms with Gasteiger partial charge in [0.2, 0.25) is 0 Å². The molecule has 2 bridgehead atoms. The Morgan fingerprint density at radius 2 is 2.26 bits per heavy atom. The summed E-state index contributed by atoms with van der Waals surface area (Å²) in [6.45, 7) is 5.58. The Morgan fingerprint density at radius 1 is 1.58 bits per heavy atom. The molecule has 2 aliphatic rings. The lowest BCUT2D eigenvalue weighted by molar-refractivity contribution is -0.184. The van der Waals surface area contributed by atoms with E-state index in [4.69, 9.17) is 14.7 Å². The Balaban J connectivity index is 2.12. The molecule has 1 saturated heterocycles. The fourth-order valence-electron chi connectivity index (χ4n) is 2.57. The number of hydrogen-bond acceptors (Lipinski definition) is 5. The molecule has 0 spiro atoms. The molecule has 1 saturated carbocycles. The highest BCUT2D eigenvalue weighted by molar-refractivity contribution is 5.77. The number of rotatable bonds is 3. The van der Waals surface area contributed by atoms with Crippen molar-refractivity contribution in [1.29, 1.82) is 5.26 Å². The number of nitriles is 1. The van der Waals surface area contributed by atoms with Crippen molar-refractivity contribution in [3.05, 3.63) is 0 Å². The molecule has 2 rings (SSSR count). The molecule has 19 heavy (non-hydrogen) atoms. The molecule has 0 aromatic heterocycles. The first kappa shape index (κ1) is 13.9. The summed E-state index contributed by atoms with van der Waals surface area (Å²) in [7, 11) is 0. The molecule has 0 amide bonds. The molecule has 2 fully saturated rings.